The molecule has 1 amide bonds. The van der Waals surface area contributed by atoms with E-state index >= 15 is 0 Å². The van der Waals surface area contributed by atoms with Crippen molar-refractivity contribution >= 4 is 5.91 Å². The van der Waals surface area contributed by atoms with Gasteiger partial charge in [-0.15, -0.1) is 0 Å². The molecular weight excluding hydrogens is 202 g/mol. The number of carbonyl (C=O) groups excluding carboxylic acids is 1. The van der Waals surface area contributed by atoms with Crippen LogP contribution in [0.25, 0.3) is 0 Å². The molecule has 0 atom stereocenters. The molecule has 1 aliphatic rings. The van der Waals surface area contributed by atoms with E-state index < -0.39 is 0 Å². The maximum Gasteiger partial charge on any atom is 0.270 e. The normalized spacial score (nSPS) is 16.4. The maximum absolute atomic E-state index is 11.9. The van der Waals surface area contributed by atoms with Gasteiger partial charge in [0.25, 0.3) is 5.91 Å². The number of aryl methyl sites for hydroxylation is 2. The van der Waals surface area contributed by atoms with Gasteiger partial charge < -0.3 is 5.32 Å². The predicted molar refractivity (Wildman–Crippen MR) is 61.2 cm³/mol. The number of hydrogen-bond donors (Lipinski definition) is 1. The summed E-state index contributed by atoms with van der Waals surface area (Å²) in [6, 6.07) is 2.07. The minimum atomic E-state index is -0.0690. The van der Waals surface area contributed by atoms with E-state index in [0.29, 0.717) is 17.6 Å². The zero-order chi connectivity index (χ0) is 11.5. The molecule has 1 saturated carbocycles. The molecule has 0 bridgehead atoms. The molecule has 4 heteroatoms. The SMILES string of the molecule is Cc1cc(C(=O)NC2CCCC2)nc(C)n1. The highest BCUT2D eigenvalue weighted by Gasteiger charge is 2.18. The first kappa shape index (κ1) is 11.0. The molecule has 1 aromatic heterocycles. The lowest BCUT2D eigenvalue weighted by molar-refractivity contribution is 0.0932. The van der Waals surface area contributed by atoms with Crippen LogP contribution in [0.2, 0.25) is 0 Å². The Morgan fingerprint density at radius 3 is 2.62 bits per heavy atom. The Kier molecular flexibility index (Phi) is 3.17. The molecule has 1 heterocycles. The number of aromatic nitrogens is 2. The predicted octanol–water partition coefficient (Wildman–Crippen LogP) is 1.77. The number of amides is 1. The van der Waals surface area contributed by atoms with Gasteiger partial charge in [0.1, 0.15) is 11.5 Å². The third-order valence-electron chi connectivity index (χ3n) is 2.89. The van der Waals surface area contributed by atoms with Gasteiger partial charge in [0.2, 0.25) is 0 Å². The number of nitrogens with zero attached hydrogens (tertiary/aromatic N) is 2. The van der Waals surface area contributed by atoms with Crippen LogP contribution in [0.5, 0.6) is 0 Å². The second kappa shape index (κ2) is 4.60. The molecule has 4 nitrogen and oxygen atoms in total. The second-order valence-corrected chi connectivity index (χ2v) is 4.40. The van der Waals surface area contributed by atoms with Crippen molar-refractivity contribution in [3.8, 4) is 0 Å². The van der Waals surface area contributed by atoms with Crippen LogP contribution in [0.15, 0.2) is 6.07 Å². The van der Waals surface area contributed by atoms with Crippen LogP contribution in [0.4, 0.5) is 0 Å². The van der Waals surface area contributed by atoms with Crippen LogP contribution in [0.3, 0.4) is 0 Å². The van der Waals surface area contributed by atoms with Gasteiger partial charge in [0, 0.05) is 11.7 Å². The monoisotopic (exact) mass is 219 g/mol. The molecule has 0 spiro atoms. The summed E-state index contributed by atoms with van der Waals surface area (Å²) < 4.78 is 0. The van der Waals surface area contributed by atoms with E-state index in [1.807, 2.05) is 6.92 Å². The summed E-state index contributed by atoms with van der Waals surface area (Å²) in [4.78, 5) is 20.2. The smallest absolute Gasteiger partial charge is 0.270 e. The first-order valence-corrected chi connectivity index (χ1v) is 5.78. The van der Waals surface area contributed by atoms with Gasteiger partial charge in [0.05, 0.1) is 0 Å². The lowest BCUT2D eigenvalue weighted by Gasteiger charge is -2.11. The number of rotatable bonds is 2. The topological polar surface area (TPSA) is 54.9 Å². The maximum atomic E-state index is 11.9. The van der Waals surface area contributed by atoms with Gasteiger partial charge >= 0.3 is 0 Å². The molecule has 0 unspecified atom stereocenters. The van der Waals surface area contributed by atoms with Gasteiger partial charge in [-0.2, -0.15) is 0 Å². The molecule has 0 saturated heterocycles. The highest BCUT2D eigenvalue weighted by molar-refractivity contribution is 5.92. The second-order valence-electron chi connectivity index (χ2n) is 4.40. The Morgan fingerprint density at radius 1 is 1.31 bits per heavy atom. The van der Waals surface area contributed by atoms with E-state index in [1.54, 1.807) is 13.0 Å². The van der Waals surface area contributed by atoms with Crippen molar-refractivity contribution in [2.24, 2.45) is 0 Å². The summed E-state index contributed by atoms with van der Waals surface area (Å²) in [5, 5.41) is 3.02. The Bertz CT molecular complexity index is 377. The molecule has 1 aliphatic carbocycles. The standard InChI is InChI=1S/C12H17N3O/c1-8-7-11(14-9(2)13-8)12(16)15-10-5-3-4-6-10/h7,10H,3-6H2,1-2H3,(H,15,16). The Morgan fingerprint density at radius 2 is 2.00 bits per heavy atom. The van der Waals surface area contributed by atoms with Crippen LogP contribution >= 0.6 is 0 Å². The molecule has 1 N–H and O–H groups in total. The molecule has 0 aromatic carbocycles. The molecule has 0 radical (unpaired) electrons. The molecule has 1 aromatic rings. The van der Waals surface area contributed by atoms with Crippen molar-refractivity contribution < 1.29 is 4.79 Å². The van der Waals surface area contributed by atoms with Gasteiger partial charge in [-0.05, 0) is 32.8 Å². The van der Waals surface area contributed by atoms with Gasteiger partial charge in [-0.25, -0.2) is 9.97 Å². The number of hydrogen-bond acceptors (Lipinski definition) is 3. The summed E-state index contributed by atoms with van der Waals surface area (Å²) in [5.41, 5.74) is 1.32. The lowest BCUT2D eigenvalue weighted by Crippen LogP contribution is -2.33. The van der Waals surface area contributed by atoms with E-state index in [2.05, 4.69) is 15.3 Å². The van der Waals surface area contributed by atoms with Crippen molar-refractivity contribution in [2.45, 2.75) is 45.6 Å². The Hall–Kier alpha value is -1.45. The van der Waals surface area contributed by atoms with Gasteiger partial charge in [-0.3, -0.25) is 4.79 Å². The Labute approximate surface area is 95.5 Å². The minimum absolute atomic E-state index is 0.0690. The third-order valence-corrected chi connectivity index (χ3v) is 2.89. The number of nitrogens with one attached hydrogen (secondary N) is 1. The van der Waals surface area contributed by atoms with Crippen LogP contribution < -0.4 is 5.32 Å². The highest BCUT2D eigenvalue weighted by atomic mass is 16.1. The fraction of sp³-hybridized carbons (Fsp3) is 0.583. The fourth-order valence-electron chi connectivity index (χ4n) is 2.16. The minimum Gasteiger partial charge on any atom is -0.348 e. The van der Waals surface area contributed by atoms with E-state index in [1.165, 1.54) is 12.8 Å². The largest absolute Gasteiger partial charge is 0.348 e. The lowest BCUT2D eigenvalue weighted by atomic mass is 10.2. The van der Waals surface area contributed by atoms with E-state index in [-0.39, 0.29) is 5.91 Å². The van der Waals surface area contributed by atoms with Crippen LogP contribution in [-0.4, -0.2) is 21.9 Å². The van der Waals surface area contributed by atoms with E-state index in [0.717, 1.165) is 18.5 Å². The van der Waals surface area contributed by atoms with E-state index in [4.69, 9.17) is 0 Å². The summed E-state index contributed by atoms with van der Waals surface area (Å²) in [7, 11) is 0. The third kappa shape index (κ3) is 2.56. The van der Waals surface area contributed by atoms with Crippen LogP contribution in [0.1, 0.15) is 47.7 Å². The molecule has 0 aliphatic heterocycles. The summed E-state index contributed by atoms with van der Waals surface area (Å²) >= 11 is 0. The first-order chi connectivity index (χ1) is 7.65. The van der Waals surface area contributed by atoms with Crippen molar-refractivity contribution in [2.75, 3.05) is 0 Å². The molecular formula is C12H17N3O. The quantitative estimate of drug-likeness (QED) is 0.824. The van der Waals surface area contributed by atoms with Crippen molar-refractivity contribution in [3.05, 3.63) is 23.3 Å². The van der Waals surface area contributed by atoms with Gasteiger partial charge in [0.15, 0.2) is 0 Å². The molecule has 86 valence electrons. The molecule has 2 rings (SSSR count). The summed E-state index contributed by atoms with van der Waals surface area (Å²) in [6.07, 6.45) is 4.61. The number of carbonyl (C=O) groups is 1. The fourth-order valence-corrected chi connectivity index (χ4v) is 2.16. The highest BCUT2D eigenvalue weighted by Crippen LogP contribution is 2.17. The zero-order valence-electron chi connectivity index (χ0n) is 9.79. The van der Waals surface area contributed by atoms with Crippen LogP contribution in [-0.2, 0) is 0 Å². The van der Waals surface area contributed by atoms with Crippen molar-refractivity contribution in [1.82, 2.24) is 15.3 Å². The van der Waals surface area contributed by atoms with E-state index in [9.17, 15) is 4.79 Å². The average molecular weight is 219 g/mol. The molecule has 1 fully saturated rings. The average Bonchev–Trinajstić information content (AvgIpc) is 2.68. The molecule has 16 heavy (non-hydrogen) atoms. The van der Waals surface area contributed by atoms with Gasteiger partial charge in [-0.1, -0.05) is 12.8 Å². The van der Waals surface area contributed by atoms with Crippen molar-refractivity contribution in [3.63, 3.8) is 0 Å². The first-order valence-electron chi connectivity index (χ1n) is 5.78. The Balaban J connectivity index is 2.07. The van der Waals surface area contributed by atoms with Crippen molar-refractivity contribution in [1.29, 1.82) is 0 Å². The zero-order valence-corrected chi connectivity index (χ0v) is 9.79. The summed E-state index contributed by atoms with van der Waals surface area (Å²) in [6.45, 7) is 3.68. The summed E-state index contributed by atoms with van der Waals surface area (Å²) in [5.74, 6) is 0.581. The van der Waals surface area contributed by atoms with Crippen LogP contribution in [0, 0.1) is 13.8 Å².